The number of ether oxygens (including phenoxy) is 1. The average molecular weight is 315 g/mol. The van der Waals surface area contributed by atoms with Crippen molar-refractivity contribution in [3.8, 4) is 0 Å². The number of amides is 1. The molecule has 0 radical (unpaired) electrons. The van der Waals surface area contributed by atoms with Crippen LogP contribution in [0, 0.1) is 5.82 Å². The van der Waals surface area contributed by atoms with Gasteiger partial charge in [-0.25, -0.2) is 4.39 Å². The first-order valence-electron chi connectivity index (χ1n) is 7.04. The maximum Gasteiger partial charge on any atom is 0.248 e. The number of hydrogen-bond acceptors (Lipinski definition) is 3. The SMILES string of the molecule is COCC(=O)N1CCC(NCc2c(F)cccc2Cl)CC1. The summed E-state index contributed by atoms with van der Waals surface area (Å²) in [6.07, 6.45) is 1.70. The number of carbonyl (C=O) groups excluding carboxylic acids is 1. The largest absolute Gasteiger partial charge is 0.375 e. The zero-order valence-electron chi connectivity index (χ0n) is 12.1. The van der Waals surface area contributed by atoms with Gasteiger partial charge in [-0.05, 0) is 25.0 Å². The summed E-state index contributed by atoms with van der Waals surface area (Å²) < 4.78 is 18.5. The summed E-state index contributed by atoms with van der Waals surface area (Å²) in [6.45, 7) is 1.93. The number of nitrogens with zero attached hydrogens (tertiary/aromatic N) is 1. The monoisotopic (exact) mass is 314 g/mol. The molecular weight excluding hydrogens is 295 g/mol. The van der Waals surface area contributed by atoms with Gasteiger partial charge >= 0.3 is 0 Å². The van der Waals surface area contributed by atoms with Crippen molar-refractivity contribution >= 4 is 17.5 Å². The molecular formula is C15H20ClFN2O2. The van der Waals surface area contributed by atoms with Crippen molar-refractivity contribution in [2.45, 2.75) is 25.4 Å². The first-order valence-corrected chi connectivity index (χ1v) is 7.42. The molecule has 1 aliphatic heterocycles. The maximum absolute atomic E-state index is 13.7. The minimum absolute atomic E-state index is 0.0214. The molecule has 0 spiro atoms. The lowest BCUT2D eigenvalue weighted by Crippen LogP contribution is -2.45. The lowest BCUT2D eigenvalue weighted by atomic mass is 10.0. The smallest absolute Gasteiger partial charge is 0.248 e. The molecule has 0 bridgehead atoms. The average Bonchev–Trinajstić information content (AvgIpc) is 2.47. The second-order valence-electron chi connectivity index (χ2n) is 5.17. The molecule has 0 saturated carbocycles. The van der Waals surface area contributed by atoms with Gasteiger partial charge in [-0.1, -0.05) is 17.7 Å². The van der Waals surface area contributed by atoms with Crippen molar-refractivity contribution in [1.29, 1.82) is 0 Å². The summed E-state index contributed by atoms with van der Waals surface area (Å²) >= 11 is 6.00. The summed E-state index contributed by atoms with van der Waals surface area (Å²) in [4.78, 5) is 13.5. The Kier molecular flexibility index (Phi) is 5.96. The van der Waals surface area contributed by atoms with Crippen LogP contribution in [-0.2, 0) is 16.1 Å². The first-order chi connectivity index (χ1) is 10.1. The van der Waals surface area contributed by atoms with E-state index < -0.39 is 0 Å². The van der Waals surface area contributed by atoms with E-state index in [1.165, 1.54) is 13.2 Å². The Morgan fingerprint density at radius 3 is 2.81 bits per heavy atom. The van der Waals surface area contributed by atoms with Crippen LogP contribution in [-0.4, -0.2) is 43.7 Å². The minimum Gasteiger partial charge on any atom is -0.375 e. The topological polar surface area (TPSA) is 41.6 Å². The van der Waals surface area contributed by atoms with Crippen LogP contribution >= 0.6 is 11.6 Å². The van der Waals surface area contributed by atoms with Crippen molar-refractivity contribution in [3.63, 3.8) is 0 Å². The van der Waals surface area contributed by atoms with Crippen LogP contribution < -0.4 is 5.32 Å². The molecule has 1 aliphatic rings. The highest BCUT2D eigenvalue weighted by Crippen LogP contribution is 2.19. The van der Waals surface area contributed by atoms with Crippen LogP contribution in [0.1, 0.15) is 18.4 Å². The summed E-state index contributed by atoms with van der Waals surface area (Å²) in [7, 11) is 1.52. The van der Waals surface area contributed by atoms with E-state index in [2.05, 4.69) is 5.32 Å². The van der Waals surface area contributed by atoms with Crippen LogP contribution in [0.3, 0.4) is 0 Å². The first kappa shape index (κ1) is 16.2. The molecule has 6 heteroatoms. The maximum atomic E-state index is 13.7. The Morgan fingerprint density at radius 2 is 2.19 bits per heavy atom. The molecule has 2 rings (SSSR count). The van der Waals surface area contributed by atoms with Gasteiger partial charge in [0.25, 0.3) is 0 Å². The number of carbonyl (C=O) groups is 1. The lowest BCUT2D eigenvalue weighted by molar-refractivity contribution is -0.136. The quantitative estimate of drug-likeness (QED) is 0.906. The van der Waals surface area contributed by atoms with E-state index in [1.807, 2.05) is 0 Å². The second kappa shape index (κ2) is 7.73. The van der Waals surface area contributed by atoms with Gasteiger partial charge in [-0.2, -0.15) is 0 Å². The second-order valence-corrected chi connectivity index (χ2v) is 5.58. The predicted octanol–water partition coefficient (Wildman–Crippen LogP) is 2.21. The molecule has 1 fully saturated rings. The van der Waals surface area contributed by atoms with Crippen LogP contribution in [0.25, 0.3) is 0 Å². The van der Waals surface area contributed by atoms with Gasteiger partial charge in [0.15, 0.2) is 0 Å². The summed E-state index contributed by atoms with van der Waals surface area (Å²) in [6, 6.07) is 4.97. The van der Waals surface area contributed by atoms with Gasteiger partial charge in [-0.3, -0.25) is 4.79 Å². The Balaban J connectivity index is 1.80. The predicted molar refractivity (Wildman–Crippen MR) is 79.7 cm³/mol. The van der Waals surface area contributed by atoms with Gasteiger partial charge in [0.2, 0.25) is 5.91 Å². The molecule has 0 unspecified atom stereocenters. The number of likely N-dealkylation sites (tertiary alicyclic amines) is 1. The summed E-state index contributed by atoms with van der Waals surface area (Å²) in [5.74, 6) is -0.268. The third-order valence-electron chi connectivity index (χ3n) is 3.74. The molecule has 1 N–H and O–H groups in total. The van der Waals surface area contributed by atoms with Gasteiger partial charge in [0.1, 0.15) is 12.4 Å². The normalized spacial score (nSPS) is 16.2. The van der Waals surface area contributed by atoms with E-state index in [9.17, 15) is 9.18 Å². The highest BCUT2D eigenvalue weighted by atomic mass is 35.5. The number of halogens is 2. The molecule has 1 heterocycles. The van der Waals surface area contributed by atoms with Crippen molar-refractivity contribution in [1.82, 2.24) is 10.2 Å². The van der Waals surface area contributed by atoms with E-state index in [4.69, 9.17) is 16.3 Å². The molecule has 1 saturated heterocycles. The number of piperidine rings is 1. The zero-order valence-corrected chi connectivity index (χ0v) is 12.8. The fourth-order valence-electron chi connectivity index (χ4n) is 2.50. The molecule has 1 aromatic rings. The third kappa shape index (κ3) is 4.40. The van der Waals surface area contributed by atoms with Crippen molar-refractivity contribution in [2.24, 2.45) is 0 Å². The summed E-state index contributed by atoms with van der Waals surface area (Å²) in [5.41, 5.74) is 0.497. The molecule has 0 atom stereocenters. The van der Waals surface area contributed by atoms with Crippen LogP contribution in [0.5, 0.6) is 0 Å². The Hall–Kier alpha value is -1.17. The highest BCUT2D eigenvalue weighted by Gasteiger charge is 2.22. The van der Waals surface area contributed by atoms with Crippen molar-refractivity contribution in [3.05, 3.63) is 34.6 Å². The van der Waals surface area contributed by atoms with E-state index in [0.717, 1.165) is 12.8 Å². The highest BCUT2D eigenvalue weighted by molar-refractivity contribution is 6.31. The van der Waals surface area contributed by atoms with Gasteiger partial charge in [0, 0.05) is 43.4 Å². The molecule has 0 aliphatic carbocycles. The minimum atomic E-state index is -0.289. The zero-order chi connectivity index (χ0) is 15.2. The van der Waals surface area contributed by atoms with Crippen LogP contribution in [0.15, 0.2) is 18.2 Å². The number of benzene rings is 1. The van der Waals surface area contributed by atoms with Gasteiger partial charge < -0.3 is 15.0 Å². The molecule has 4 nitrogen and oxygen atoms in total. The molecule has 21 heavy (non-hydrogen) atoms. The molecule has 1 aromatic carbocycles. The third-order valence-corrected chi connectivity index (χ3v) is 4.10. The van der Waals surface area contributed by atoms with Gasteiger partial charge in [-0.15, -0.1) is 0 Å². The van der Waals surface area contributed by atoms with Crippen LogP contribution in [0.2, 0.25) is 5.02 Å². The lowest BCUT2D eigenvalue weighted by Gasteiger charge is -2.32. The van der Waals surface area contributed by atoms with E-state index in [0.29, 0.717) is 30.2 Å². The number of rotatable bonds is 5. The Bertz CT molecular complexity index is 470. The fraction of sp³-hybridized carbons (Fsp3) is 0.533. The number of hydrogen-bond donors (Lipinski definition) is 1. The van der Waals surface area contributed by atoms with E-state index in [1.54, 1.807) is 17.0 Å². The van der Waals surface area contributed by atoms with Crippen molar-refractivity contribution in [2.75, 3.05) is 26.8 Å². The number of methoxy groups -OCH3 is 1. The molecule has 0 aromatic heterocycles. The van der Waals surface area contributed by atoms with Crippen molar-refractivity contribution < 1.29 is 13.9 Å². The Morgan fingerprint density at radius 1 is 1.48 bits per heavy atom. The van der Waals surface area contributed by atoms with E-state index >= 15 is 0 Å². The Labute approximate surface area is 129 Å². The molecule has 1 amide bonds. The number of nitrogens with one attached hydrogen (secondary N) is 1. The van der Waals surface area contributed by atoms with E-state index in [-0.39, 0.29) is 24.4 Å². The van der Waals surface area contributed by atoms with Gasteiger partial charge in [0.05, 0.1) is 0 Å². The van der Waals surface area contributed by atoms with Crippen LogP contribution in [0.4, 0.5) is 4.39 Å². The molecule has 116 valence electrons. The standard InChI is InChI=1S/C15H20ClFN2O2/c1-21-10-15(20)19-7-5-11(6-8-19)18-9-12-13(16)3-2-4-14(12)17/h2-4,11,18H,5-10H2,1H3. The fourth-order valence-corrected chi connectivity index (χ4v) is 2.73. The summed E-state index contributed by atoms with van der Waals surface area (Å²) in [5, 5.41) is 3.76.